The number of ether oxygens (including phenoxy) is 2. The SMILES string of the molecule is C#CCN(CC(O[Si](C)(C)C(C)(C)C)C(=C=C)OCc1ccc(OC)cc1)S(=O)(=O)c1ccc(C)cc1. The first kappa shape index (κ1) is 30.4. The lowest BCUT2D eigenvalue weighted by molar-refractivity contribution is 0.0899. The van der Waals surface area contributed by atoms with Gasteiger partial charge in [0.05, 0.1) is 18.6 Å². The topological polar surface area (TPSA) is 65.1 Å². The first-order chi connectivity index (χ1) is 17.2. The van der Waals surface area contributed by atoms with Crippen molar-refractivity contribution in [3.8, 4) is 18.1 Å². The van der Waals surface area contributed by atoms with Gasteiger partial charge in [0.15, 0.2) is 14.1 Å². The minimum Gasteiger partial charge on any atom is -0.497 e. The fraction of sp³-hybridized carbons (Fsp3) is 0.414. The van der Waals surface area contributed by atoms with Crippen LogP contribution < -0.4 is 4.74 Å². The number of rotatable bonds is 12. The summed E-state index contributed by atoms with van der Waals surface area (Å²) in [6, 6.07) is 14.2. The van der Waals surface area contributed by atoms with Crippen LogP contribution in [0.3, 0.4) is 0 Å². The molecule has 0 radical (unpaired) electrons. The van der Waals surface area contributed by atoms with Crippen molar-refractivity contribution in [3.63, 3.8) is 0 Å². The molecule has 0 amide bonds. The Hall–Kier alpha value is -2.79. The van der Waals surface area contributed by atoms with Crippen molar-refractivity contribution in [1.29, 1.82) is 0 Å². The number of aryl methyl sites for hydroxylation is 1. The summed E-state index contributed by atoms with van der Waals surface area (Å²) in [7, 11) is -4.64. The normalized spacial score (nSPS) is 12.9. The molecule has 0 bridgehead atoms. The van der Waals surface area contributed by atoms with Crippen LogP contribution in [0.25, 0.3) is 0 Å². The van der Waals surface area contributed by atoms with Crippen molar-refractivity contribution in [2.75, 3.05) is 20.2 Å². The molecule has 0 fully saturated rings. The van der Waals surface area contributed by atoms with Crippen LogP contribution in [0.4, 0.5) is 0 Å². The van der Waals surface area contributed by atoms with E-state index in [9.17, 15) is 8.42 Å². The largest absolute Gasteiger partial charge is 0.497 e. The van der Waals surface area contributed by atoms with Crippen molar-refractivity contribution in [2.24, 2.45) is 0 Å². The van der Waals surface area contributed by atoms with E-state index < -0.39 is 24.4 Å². The molecule has 8 heteroatoms. The third kappa shape index (κ3) is 8.09. The highest BCUT2D eigenvalue weighted by molar-refractivity contribution is 7.89. The second kappa shape index (κ2) is 12.6. The Morgan fingerprint density at radius 2 is 1.70 bits per heavy atom. The van der Waals surface area contributed by atoms with Gasteiger partial charge in [0, 0.05) is 6.54 Å². The molecule has 37 heavy (non-hydrogen) atoms. The maximum atomic E-state index is 13.6. The predicted octanol–water partition coefficient (Wildman–Crippen LogP) is 5.90. The molecule has 200 valence electrons. The number of nitrogens with zero attached hydrogens (tertiary/aromatic N) is 1. The summed E-state index contributed by atoms with van der Waals surface area (Å²) in [6.07, 6.45) is 4.86. The van der Waals surface area contributed by atoms with E-state index in [0.29, 0.717) is 5.76 Å². The highest BCUT2D eigenvalue weighted by Gasteiger charge is 2.41. The van der Waals surface area contributed by atoms with E-state index in [1.54, 1.807) is 31.4 Å². The van der Waals surface area contributed by atoms with Gasteiger partial charge < -0.3 is 13.9 Å². The molecule has 0 heterocycles. The van der Waals surface area contributed by atoms with Crippen LogP contribution in [0, 0.1) is 19.3 Å². The number of methoxy groups -OCH3 is 1. The van der Waals surface area contributed by atoms with E-state index in [1.807, 2.05) is 31.2 Å². The van der Waals surface area contributed by atoms with E-state index in [4.69, 9.17) is 20.3 Å². The maximum absolute atomic E-state index is 13.6. The van der Waals surface area contributed by atoms with Crippen LogP contribution >= 0.6 is 0 Å². The molecule has 6 nitrogen and oxygen atoms in total. The molecule has 0 saturated heterocycles. The van der Waals surface area contributed by atoms with Crippen LogP contribution in [-0.4, -0.2) is 47.3 Å². The van der Waals surface area contributed by atoms with E-state index in [1.165, 1.54) is 4.31 Å². The van der Waals surface area contributed by atoms with E-state index in [2.05, 4.69) is 52.1 Å². The van der Waals surface area contributed by atoms with Gasteiger partial charge in [0.25, 0.3) is 0 Å². The lowest BCUT2D eigenvalue weighted by Crippen LogP contribution is -2.48. The highest BCUT2D eigenvalue weighted by Crippen LogP contribution is 2.38. The summed E-state index contributed by atoms with van der Waals surface area (Å²) < 4.78 is 46.4. The molecule has 0 aromatic heterocycles. The minimum absolute atomic E-state index is 0.0343. The van der Waals surface area contributed by atoms with Gasteiger partial charge in [-0.25, -0.2) is 8.42 Å². The summed E-state index contributed by atoms with van der Waals surface area (Å²) in [5, 5.41) is -0.125. The highest BCUT2D eigenvalue weighted by atomic mass is 32.2. The molecule has 1 unspecified atom stereocenters. The summed E-state index contributed by atoms with van der Waals surface area (Å²) >= 11 is 0. The lowest BCUT2D eigenvalue weighted by atomic mass is 10.2. The van der Waals surface area contributed by atoms with Crippen molar-refractivity contribution in [1.82, 2.24) is 4.31 Å². The molecule has 0 N–H and O–H groups in total. The minimum atomic E-state index is -3.89. The Balaban J connectivity index is 2.42. The third-order valence-corrected chi connectivity index (χ3v) is 12.9. The Morgan fingerprint density at radius 3 is 2.19 bits per heavy atom. The van der Waals surface area contributed by atoms with Gasteiger partial charge in [0.2, 0.25) is 10.0 Å². The number of hydrogen-bond acceptors (Lipinski definition) is 5. The average Bonchev–Trinajstić information content (AvgIpc) is 2.83. The van der Waals surface area contributed by atoms with Gasteiger partial charge in [-0.1, -0.05) is 68.8 Å². The second-order valence-electron chi connectivity index (χ2n) is 10.4. The van der Waals surface area contributed by atoms with Gasteiger partial charge in [0.1, 0.15) is 18.5 Å². The fourth-order valence-corrected chi connectivity index (χ4v) is 5.84. The van der Waals surface area contributed by atoms with E-state index in [0.717, 1.165) is 16.9 Å². The summed E-state index contributed by atoms with van der Waals surface area (Å²) in [5.41, 5.74) is 4.73. The fourth-order valence-electron chi connectivity index (χ4n) is 3.24. The number of hydrogen-bond donors (Lipinski definition) is 0. The molecular formula is C29H39NO5SSi. The molecule has 0 aliphatic heterocycles. The molecule has 0 aliphatic rings. The van der Waals surface area contributed by atoms with Crippen molar-refractivity contribution < 1.29 is 22.3 Å². The standard InChI is InChI=1S/C29H39NO5SSi/c1-10-20-30(36(31,32)26-18-12-23(3)13-19-26)21-28(35-37(8,9)29(4,5)6)27(11-2)34-22-24-14-16-25(33-7)17-15-24/h1,12-19,28H,2,20-22H2,3-9H3. The Bertz CT molecular complexity index is 1230. The van der Waals surface area contributed by atoms with Gasteiger partial charge >= 0.3 is 0 Å². The maximum Gasteiger partial charge on any atom is 0.244 e. The Labute approximate surface area is 224 Å². The van der Waals surface area contributed by atoms with Crippen molar-refractivity contribution in [2.45, 2.75) is 63.4 Å². The van der Waals surface area contributed by atoms with Gasteiger partial charge in [-0.15, -0.1) is 6.42 Å². The number of sulfonamides is 1. The summed E-state index contributed by atoms with van der Waals surface area (Å²) in [5.74, 6) is 3.56. The van der Waals surface area contributed by atoms with E-state index in [-0.39, 0.29) is 29.6 Å². The van der Waals surface area contributed by atoms with Crippen LogP contribution in [-0.2, 0) is 25.8 Å². The summed E-state index contributed by atoms with van der Waals surface area (Å²) in [6.45, 7) is 16.4. The molecule has 2 rings (SSSR count). The third-order valence-electron chi connectivity index (χ3n) is 6.56. The summed E-state index contributed by atoms with van der Waals surface area (Å²) in [4.78, 5) is 0.169. The van der Waals surface area contributed by atoms with Crippen LogP contribution in [0.1, 0.15) is 31.9 Å². The smallest absolute Gasteiger partial charge is 0.244 e. The van der Waals surface area contributed by atoms with Crippen LogP contribution in [0.15, 0.2) is 71.5 Å². The molecule has 1 atom stereocenters. The molecule has 2 aromatic carbocycles. The van der Waals surface area contributed by atoms with Crippen molar-refractivity contribution >= 4 is 18.3 Å². The Morgan fingerprint density at radius 1 is 1.11 bits per heavy atom. The van der Waals surface area contributed by atoms with Crippen LogP contribution in [0.5, 0.6) is 5.75 Å². The molecule has 0 spiro atoms. The monoisotopic (exact) mass is 541 g/mol. The zero-order valence-corrected chi connectivity index (χ0v) is 24.8. The second-order valence-corrected chi connectivity index (χ2v) is 17.1. The quantitative estimate of drug-likeness (QED) is 0.145. The van der Waals surface area contributed by atoms with Gasteiger partial charge in [-0.3, -0.25) is 0 Å². The number of terminal acetylenes is 1. The first-order valence-corrected chi connectivity index (χ1v) is 16.4. The molecular weight excluding hydrogens is 502 g/mol. The molecule has 0 saturated carbocycles. The molecule has 2 aromatic rings. The van der Waals surface area contributed by atoms with Crippen LogP contribution in [0.2, 0.25) is 18.1 Å². The molecule has 0 aliphatic carbocycles. The zero-order valence-electron chi connectivity index (χ0n) is 23.0. The average molecular weight is 542 g/mol. The van der Waals surface area contributed by atoms with E-state index >= 15 is 0 Å². The van der Waals surface area contributed by atoms with Gasteiger partial charge in [-0.2, -0.15) is 4.31 Å². The predicted molar refractivity (Wildman–Crippen MR) is 151 cm³/mol. The zero-order chi connectivity index (χ0) is 27.9. The lowest BCUT2D eigenvalue weighted by Gasteiger charge is -2.40. The van der Waals surface area contributed by atoms with Crippen molar-refractivity contribution in [3.05, 3.63) is 77.7 Å². The Kier molecular flexibility index (Phi) is 10.4. The van der Waals surface area contributed by atoms with Gasteiger partial charge in [-0.05, 0) is 54.9 Å². The first-order valence-electron chi connectivity index (χ1n) is 12.1. The number of benzene rings is 2.